The van der Waals surface area contributed by atoms with Crippen LogP contribution < -0.4 is 5.73 Å². The summed E-state index contributed by atoms with van der Waals surface area (Å²) in [4.78, 5) is 1.07. The van der Waals surface area contributed by atoms with E-state index in [1.165, 1.54) is 6.07 Å². The Balaban J connectivity index is 2.47. The molecule has 1 aliphatic heterocycles. The maximum Gasteiger partial charge on any atom is 0.127 e. The van der Waals surface area contributed by atoms with Crippen molar-refractivity contribution < 1.29 is 4.39 Å². The first kappa shape index (κ1) is 9.03. The molecule has 1 aromatic rings. The maximum atomic E-state index is 13.4. The SMILES string of the molecule is NCC1CCSc2cccc(F)c21. The smallest absolute Gasteiger partial charge is 0.127 e. The summed E-state index contributed by atoms with van der Waals surface area (Å²) in [5.41, 5.74) is 6.45. The van der Waals surface area contributed by atoms with Gasteiger partial charge in [-0.2, -0.15) is 0 Å². The van der Waals surface area contributed by atoms with Crippen molar-refractivity contribution in [1.29, 1.82) is 0 Å². The highest BCUT2D eigenvalue weighted by Crippen LogP contribution is 2.38. The number of nitrogens with two attached hydrogens (primary N) is 1. The summed E-state index contributed by atoms with van der Waals surface area (Å²) in [6.07, 6.45) is 0.995. The van der Waals surface area contributed by atoms with E-state index in [1.54, 1.807) is 17.8 Å². The summed E-state index contributed by atoms with van der Waals surface area (Å²) in [5.74, 6) is 1.18. The monoisotopic (exact) mass is 197 g/mol. The van der Waals surface area contributed by atoms with Crippen LogP contribution in [0, 0.1) is 5.82 Å². The van der Waals surface area contributed by atoms with Gasteiger partial charge in [0.1, 0.15) is 5.82 Å². The van der Waals surface area contributed by atoms with Crippen molar-refractivity contribution in [2.24, 2.45) is 5.73 Å². The third-order valence-electron chi connectivity index (χ3n) is 2.43. The second-order valence-corrected chi connectivity index (χ2v) is 4.36. The molecule has 1 heterocycles. The molecule has 1 atom stereocenters. The maximum absolute atomic E-state index is 13.4. The van der Waals surface area contributed by atoms with E-state index in [9.17, 15) is 4.39 Å². The molecule has 0 bridgehead atoms. The minimum atomic E-state index is -0.0971. The number of hydrogen-bond donors (Lipinski definition) is 1. The fourth-order valence-corrected chi connectivity index (χ4v) is 2.95. The molecule has 0 aromatic heterocycles. The predicted octanol–water partition coefficient (Wildman–Crippen LogP) is 2.36. The third-order valence-corrected chi connectivity index (χ3v) is 3.54. The molecule has 0 radical (unpaired) electrons. The van der Waals surface area contributed by atoms with Gasteiger partial charge in [0, 0.05) is 16.4 Å². The van der Waals surface area contributed by atoms with E-state index < -0.39 is 0 Å². The lowest BCUT2D eigenvalue weighted by molar-refractivity contribution is 0.557. The molecule has 70 valence electrons. The number of thioether (sulfide) groups is 1. The van der Waals surface area contributed by atoms with Gasteiger partial charge in [-0.15, -0.1) is 11.8 Å². The molecule has 1 aliphatic rings. The van der Waals surface area contributed by atoms with Gasteiger partial charge >= 0.3 is 0 Å². The zero-order valence-electron chi connectivity index (χ0n) is 7.29. The fraction of sp³-hybridized carbons (Fsp3) is 0.400. The van der Waals surface area contributed by atoms with Crippen LogP contribution in [0.2, 0.25) is 0 Å². The van der Waals surface area contributed by atoms with E-state index in [1.807, 2.05) is 6.07 Å². The number of benzene rings is 1. The van der Waals surface area contributed by atoms with Crippen molar-refractivity contribution >= 4 is 11.8 Å². The lowest BCUT2D eigenvalue weighted by Gasteiger charge is -2.23. The van der Waals surface area contributed by atoms with Crippen LogP contribution in [-0.2, 0) is 0 Å². The molecule has 1 unspecified atom stereocenters. The average Bonchev–Trinajstić information content (AvgIpc) is 2.17. The van der Waals surface area contributed by atoms with E-state index in [0.717, 1.165) is 22.6 Å². The Morgan fingerprint density at radius 1 is 1.54 bits per heavy atom. The largest absolute Gasteiger partial charge is 0.330 e. The van der Waals surface area contributed by atoms with Crippen molar-refractivity contribution in [3.63, 3.8) is 0 Å². The van der Waals surface area contributed by atoms with Crippen LogP contribution in [0.4, 0.5) is 4.39 Å². The summed E-state index contributed by atoms with van der Waals surface area (Å²) in [5, 5.41) is 0. The Hall–Kier alpha value is -0.540. The predicted molar refractivity (Wildman–Crippen MR) is 53.5 cm³/mol. The van der Waals surface area contributed by atoms with Crippen LogP contribution in [0.15, 0.2) is 23.1 Å². The van der Waals surface area contributed by atoms with Gasteiger partial charge in [0.2, 0.25) is 0 Å². The van der Waals surface area contributed by atoms with Crippen LogP contribution in [0.1, 0.15) is 17.9 Å². The molecule has 0 fully saturated rings. The number of halogens is 1. The van der Waals surface area contributed by atoms with Gasteiger partial charge in [0.25, 0.3) is 0 Å². The summed E-state index contributed by atoms with van der Waals surface area (Å²) < 4.78 is 13.4. The van der Waals surface area contributed by atoms with Crippen LogP contribution >= 0.6 is 11.8 Å². The summed E-state index contributed by atoms with van der Waals surface area (Å²) in [7, 11) is 0. The lowest BCUT2D eigenvalue weighted by atomic mass is 9.95. The first-order chi connectivity index (χ1) is 6.33. The Labute approximate surface area is 81.5 Å². The van der Waals surface area contributed by atoms with Crippen molar-refractivity contribution in [3.05, 3.63) is 29.6 Å². The Kier molecular flexibility index (Phi) is 2.56. The first-order valence-electron chi connectivity index (χ1n) is 4.44. The molecular formula is C10H12FNS. The minimum absolute atomic E-state index is 0.0971. The van der Waals surface area contributed by atoms with E-state index in [0.29, 0.717) is 6.54 Å². The number of rotatable bonds is 1. The molecule has 0 spiro atoms. The highest BCUT2D eigenvalue weighted by atomic mass is 32.2. The molecule has 3 heteroatoms. The van der Waals surface area contributed by atoms with E-state index in [4.69, 9.17) is 5.73 Å². The van der Waals surface area contributed by atoms with Crippen LogP contribution in [0.5, 0.6) is 0 Å². The lowest BCUT2D eigenvalue weighted by Crippen LogP contribution is -2.18. The Bertz CT molecular complexity index is 314. The average molecular weight is 197 g/mol. The molecule has 1 aromatic carbocycles. The molecule has 13 heavy (non-hydrogen) atoms. The highest BCUT2D eigenvalue weighted by Gasteiger charge is 2.22. The normalized spacial score (nSPS) is 21.2. The zero-order chi connectivity index (χ0) is 9.26. The van der Waals surface area contributed by atoms with E-state index >= 15 is 0 Å². The quantitative estimate of drug-likeness (QED) is 0.748. The third kappa shape index (κ3) is 1.58. The summed E-state index contributed by atoms with van der Waals surface area (Å²) >= 11 is 1.73. The molecule has 0 amide bonds. The Morgan fingerprint density at radius 3 is 3.15 bits per heavy atom. The van der Waals surface area contributed by atoms with E-state index in [-0.39, 0.29) is 11.7 Å². The van der Waals surface area contributed by atoms with Crippen molar-refractivity contribution in [3.8, 4) is 0 Å². The number of hydrogen-bond acceptors (Lipinski definition) is 2. The molecular weight excluding hydrogens is 185 g/mol. The summed E-state index contributed by atoms with van der Waals surface area (Å²) in [6.45, 7) is 0.550. The summed E-state index contributed by atoms with van der Waals surface area (Å²) in [6, 6.07) is 5.26. The molecule has 2 N–H and O–H groups in total. The standard InChI is InChI=1S/C10H12FNS/c11-8-2-1-3-9-10(8)7(6-12)4-5-13-9/h1-3,7H,4-6,12H2. The van der Waals surface area contributed by atoms with Crippen molar-refractivity contribution in [2.75, 3.05) is 12.3 Å². The second kappa shape index (κ2) is 3.68. The van der Waals surface area contributed by atoms with Gasteiger partial charge in [-0.05, 0) is 30.9 Å². The fourth-order valence-electron chi connectivity index (χ4n) is 1.73. The second-order valence-electron chi connectivity index (χ2n) is 3.22. The Morgan fingerprint density at radius 2 is 2.38 bits per heavy atom. The van der Waals surface area contributed by atoms with Crippen LogP contribution in [0.3, 0.4) is 0 Å². The van der Waals surface area contributed by atoms with Gasteiger partial charge < -0.3 is 5.73 Å². The molecule has 1 nitrogen and oxygen atoms in total. The molecule has 0 aliphatic carbocycles. The van der Waals surface area contributed by atoms with Crippen LogP contribution in [0.25, 0.3) is 0 Å². The van der Waals surface area contributed by atoms with Crippen LogP contribution in [-0.4, -0.2) is 12.3 Å². The van der Waals surface area contributed by atoms with Crippen molar-refractivity contribution in [2.45, 2.75) is 17.2 Å². The molecule has 0 saturated carbocycles. The van der Waals surface area contributed by atoms with Gasteiger partial charge in [-0.25, -0.2) is 4.39 Å². The van der Waals surface area contributed by atoms with Gasteiger partial charge in [0.05, 0.1) is 0 Å². The first-order valence-corrected chi connectivity index (χ1v) is 5.42. The van der Waals surface area contributed by atoms with Gasteiger partial charge in [-0.3, -0.25) is 0 Å². The minimum Gasteiger partial charge on any atom is -0.330 e. The zero-order valence-corrected chi connectivity index (χ0v) is 8.11. The highest BCUT2D eigenvalue weighted by molar-refractivity contribution is 7.99. The molecule has 2 rings (SSSR count). The van der Waals surface area contributed by atoms with Crippen molar-refractivity contribution in [1.82, 2.24) is 0 Å². The topological polar surface area (TPSA) is 26.0 Å². The molecule has 0 saturated heterocycles. The van der Waals surface area contributed by atoms with E-state index in [2.05, 4.69) is 0 Å². The van der Waals surface area contributed by atoms with Gasteiger partial charge in [0.15, 0.2) is 0 Å². The number of fused-ring (bicyclic) bond motifs is 1. The van der Waals surface area contributed by atoms with Gasteiger partial charge in [-0.1, -0.05) is 6.07 Å².